The van der Waals surface area contributed by atoms with Crippen LogP contribution in [0.15, 0.2) is 61.1 Å². The van der Waals surface area contributed by atoms with E-state index in [1.54, 1.807) is 0 Å². The van der Waals surface area contributed by atoms with E-state index in [0.717, 1.165) is 31.7 Å². The van der Waals surface area contributed by atoms with E-state index in [1.165, 1.54) is 16.5 Å². The van der Waals surface area contributed by atoms with Crippen molar-refractivity contribution >= 4 is 23.3 Å². The van der Waals surface area contributed by atoms with Gasteiger partial charge in [-0.05, 0) is 41.5 Å². The van der Waals surface area contributed by atoms with Crippen molar-refractivity contribution in [3.05, 3.63) is 72.2 Å². The predicted octanol–water partition coefficient (Wildman–Crippen LogP) is 3.20. The topological polar surface area (TPSA) is 41.1 Å². The molecule has 2 aromatic heterocycles. The Morgan fingerprint density at radius 3 is 2.83 bits per heavy atom. The van der Waals surface area contributed by atoms with Gasteiger partial charge in [-0.3, -0.25) is 14.9 Å². The van der Waals surface area contributed by atoms with Crippen LogP contribution < -0.4 is 5.32 Å². The number of benzene rings is 1. The van der Waals surface area contributed by atoms with E-state index in [2.05, 4.69) is 56.6 Å². The number of piperazine rings is 1. The summed E-state index contributed by atoms with van der Waals surface area (Å²) < 4.78 is 0. The molecule has 0 saturated carbocycles. The Balaban J connectivity index is 0.00000169. The molecule has 5 heteroatoms. The molecule has 0 amide bonds. The lowest BCUT2D eigenvalue weighted by Crippen LogP contribution is -2.45. The quantitative estimate of drug-likeness (QED) is 0.795. The average molecular weight is 341 g/mol. The van der Waals surface area contributed by atoms with Crippen LogP contribution >= 0.6 is 12.4 Å². The summed E-state index contributed by atoms with van der Waals surface area (Å²) in [6.45, 7) is 4.04. The molecule has 4 rings (SSSR count). The van der Waals surface area contributed by atoms with Gasteiger partial charge in [0.05, 0.1) is 5.52 Å². The second kappa shape index (κ2) is 7.71. The van der Waals surface area contributed by atoms with Crippen LogP contribution in [0.3, 0.4) is 0 Å². The predicted molar refractivity (Wildman–Crippen MR) is 99.2 cm³/mol. The van der Waals surface area contributed by atoms with Crippen molar-refractivity contribution in [3.8, 4) is 0 Å². The Bertz CT molecular complexity index is 793. The van der Waals surface area contributed by atoms with E-state index in [-0.39, 0.29) is 12.4 Å². The number of pyridine rings is 2. The lowest BCUT2D eigenvalue weighted by Gasteiger charge is -2.36. The Hall–Kier alpha value is -2.01. The minimum atomic E-state index is 0. The zero-order valence-corrected chi connectivity index (χ0v) is 14.2. The normalized spacial score (nSPS) is 18.2. The third-order valence-electron chi connectivity index (χ3n) is 4.50. The number of halogens is 1. The van der Waals surface area contributed by atoms with Crippen molar-refractivity contribution in [2.75, 3.05) is 19.6 Å². The largest absolute Gasteiger partial charge is 0.314 e. The molecule has 1 atom stereocenters. The van der Waals surface area contributed by atoms with Gasteiger partial charge in [0.2, 0.25) is 0 Å². The fraction of sp³-hybridized carbons (Fsp3) is 0.263. The molecule has 1 aromatic carbocycles. The summed E-state index contributed by atoms with van der Waals surface area (Å²) in [4.78, 5) is 11.1. The van der Waals surface area contributed by atoms with Crippen LogP contribution in [0, 0.1) is 0 Å². The molecular formula is C19H21ClN4. The van der Waals surface area contributed by atoms with Crippen molar-refractivity contribution in [1.29, 1.82) is 0 Å². The maximum atomic E-state index is 4.40. The number of nitrogens with one attached hydrogen (secondary N) is 1. The summed E-state index contributed by atoms with van der Waals surface area (Å²) in [6.07, 6.45) is 5.60. The van der Waals surface area contributed by atoms with Gasteiger partial charge in [0.1, 0.15) is 0 Å². The Morgan fingerprint density at radius 1 is 1.08 bits per heavy atom. The first-order valence-corrected chi connectivity index (χ1v) is 8.08. The van der Waals surface area contributed by atoms with Crippen molar-refractivity contribution in [1.82, 2.24) is 20.2 Å². The Kier molecular flexibility index (Phi) is 5.41. The zero-order valence-electron chi connectivity index (χ0n) is 13.4. The summed E-state index contributed by atoms with van der Waals surface area (Å²) in [7, 11) is 0. The number of hydrogen-bond donors (Lipinski definition) is 1. The van der Waals surface area contributed by atoms with Gasteiger partial charge in [-0.1, -0.05) is 12.1 Å². The van der Waals surface area contributed by atoms with Crippen LogP contribution in [0.4, 0.5) is 0 Å². The molecule has 1 aliphatic heterocycles. The summed E-state index contributed by atoms with van der Waals surface area (Å²) in [5.41, 5.74) is 3.73. The second-order valence-electron chi connectivity index (χ2n) is 6.00. The molecule has 24 heavy (non-hydrogen) atoms. The first kappa shape index (κ1) is 16.8. The zero-order chi connectivity index (χ0) is 15.5. The molecule has 1 saturated heterocycles. The fourth-order valence-electron chi connectivity index (χ4n) is 3.31. The minimum Gasteiger partial charge on any atom is -0.314 e. The number of hydrogen-bond acceptors (Lipinski definition) is 4. The number of fused-ring (bicyclic) bond motifs is 1. The van der Waals surface area contributed by atoms with E-state index in [9.17, 15) is 0 Å². The molecule has 3 heterocycles. The van der Waals surface area contributed by atoms with Gasteiger partial charge < -0.3 is 5.32 Å². The number of aromatic nitrogens is 2. The summed E-state index contributed by atoms with van der Waals surface area (Å²) >= 11 is 0. The lowest BCUT2D eigenvalue weighted by atomic mass is 10.0. The van der Waals surface area contributed by atoms with E-state index in [1.807, 2.05) is 24.7 Å². The van der Waals surface area contributed by atoms with Crippen LogP contribution in [0.2, 0.25) is 0 Å². The first-order chi connectivity index (χ1) is 11.4. The molecule has 4 nitrogen and oxygen atoms in total. The smallest absolute Gasteiger partial charge is 0.0702 e. The molecule has 1 fully saturated rings. The van der Waals surface area contributed by atoms with E-state index in [0.29, 0.717) is 6.04 Å². The Morgan fingerprint density at radius 2 is 1.96 bits per heavy atom. The van der Waals surface area contributed by atoms with Crippen molar-refractivity contribution in [2.45, 2.75) is 12.6 Å². The molecule has 124 valence electrons. The van der Waals surface area contributed by atoms with E-state index < -0.39 is 0 Å². The van der Waals surface area contributed by atoms with E-state index >= 15 is 0 Å². The third-order valence-corrected chi connectivity index (χ3v) is 4.50. The highest BCUT2D eigenvalue weighted by atomic mass is 35.5. The summed E-state index contributed by atoms with van der Waals surface area (Å²) in [5, 5.41) is 4.72. The standard InChI is InChI=1S/C19H20N4.ClH/c1-2-17-12-15(3-4-18(17)22-7-1)14-23-11-10-21-13-19(23)16-5-8-20-9-6-16;/h1-9,12,19,21H,10-11,13-14H2;1H. The lowest BCUT2D eigenvalue weighted by molar-refractivity contribution is 0.154. The highest BCUT2D eigenvalue weighted by molar-refractivity contribution is 5.85. The molecule has 1 N–H and O–H groups in total. The highest BCUT2D eigenvalue weighted by Crippen LogP contribution is 2.24. The fourth-order valence-corrected chi connectivity index (χ4v) is 3.31. The second-order valence-corrected chi connectivity index (χ2v) is 6.00. The molecular weight excluding hydrogens is 320 g/mol. The van der Waals surface area contributed by atoms with Crippen LogP contribution in [0.1, 0.15) is 17.2 Å². The molecule has 3 aromatic rings. The van der Waals surface area contributed by atoms with Crippen molar-refractivity contribution in [2.24, 2.45) is 0 Å². The maximum absolute atomic E-state index is 4.40. The molecule has 1 unspecified atom stereocenters. The molecule has 0 bridgehead atoms. The molecule has 1 aliphatic rings. The van der Waals surface area contributed by atoms with Crippen LogP contribution in [0.5, 0.6) is 0 Å². The van der Waals surface area contributed by atoms with Gasteiger partial charge in [0.25, 0.3) is 0 Å². The van der Waals surface area contributed by atoms with Gasteiger partial charge in [0, 0.05) is 56.2 Å². The van der Waals surface area contributed by atoms with E-state index in [4.69, 9.17) is 0 Å². The van der Waals surface area contributed by atoms with Gasteiger partial charge in [0.15, 0.2) is 0 Å². The third kappa shape index (κ3) is 3.56. The van der Waals surface area contributed by atoms with Crippen LogP contribution in [-0.4, -0.2) is 34.5 Å². The monoisotopic (exact) mass is 340 g/mol. The van der Waals surface area contributed by atoms with Gasteiger partial charge in [-0.2, -0.15) is 0 Å². The minimum absolute atomic E-state index is 0. The SMILES string of the molecule is Cl.c1cnc2ccc(CN3CCNCC3c3ccncc3)cc2c1. The van der Waals surface area contributed by atoms with Gasteiger partial charge in [-0.25, -0.2) is 0 Å². The molecule has 0 radical (unpaired) electrons. The molecule has 0 spiro atoms. The Labute approximate surface area is 148 Å². The van der Waals surface area contributed by atoms with Crippen LogP contribution in [0.25, 0.3) is 10.9 Å². The van der Waals surface area contributed by atoms with Crippen molar-refractivity contribution < 1.29 is 0 Å². The average Bonchev–Trinajstić information content (AvgIpc) is 2.63. The first-order valence-electron chi connectivity index (χ1n) is 8.08. The number of rotatable bonds is 3. The number of nitrogens with zero attached hydrogens (tertiary/aromatic N) is 3. The van der Waals surface area contributed by atoms with Crippen LogP contribution in [-0.2, 0) is 6.54 Å². The maximum Gasteiger partial charge on any atom is 0.0702 e. The molecule has 0 aliphatic carbocycles. The summed E-state index contributed by atoms with van der Waals surface area (Å²) in [6, 6.07) is 15.3. The highest BCUT2D eigenvalue weighted by Gasteiger charge is 2.23. The van der Waals surface area contributed by atoms with Crippen molar-refractivity contribution in [3.63, 3.8) is 0 Å². The summed E-state index contributed by atoms with van der Waals surface area (Å²) in [5.74, 6) is 0. The van der Waals surface area contributed by atoms with Gasteiger partial charge >= 0.3 is 0 Å². The van der Waals surface area contributed by atoms with Gasteiger partial charge in [-0.15, -0.1) is 12.4 Å².